The first-order valence-corrected chi connectivity index (χ1v) is 9.86. The molecule has 8 nitrogen and oxygen atoms in total. The maximum atomic E-state index is 12.8. The first-order chi connectivity index (χ1) is 14.6. The van der Waals surface area contributed by atoms with Gasteiger partial charge in [-0.25, -0.2) is 5.48 Å². The first-order valence-electron chi connectivity index (χ1n) is 9.86. The summed E-state index contributed by atoms with van der Waals surface area (Å²) in [6.45, 7) is 2.21. The molecule has 2 aromatic carbocycles. The lowest BCUT2D eigenvalue weighted by Gasteiger charge is -2.18. The van der Waals surface area contributed by atoms with E-state index in [0.29, 0.717) is 29.2 Å². The number of nitrogens with one attached hydrogen (secondary N) is 2. The van der Waals surface area contributed by atoms with Gasteiger partial charge in [-0.1, -0.05) is 25.8 Å². The summed E-state index contributed by atoms with van der Waals surface area (Å²) in [6, 6.07) is 11.9. The summed E-state index contributed by atoms with van der Waals surface area (Å²) in [6.07, 6.45) is 4.15. The molecule has 4 rings (SSSR count). The van der Waals surface area contributed by atoms with Crippen LogP contribution in [0.15, 0.2) is 48.7 Å². The van der Waals surface area contributed by atoms with Crippen molar-refractivity contribution in [3.8, 4) is 11.5 Å². The maximum absolute atomic E-state index is 12.8. The summed E-state index contributed by atoms with van der Waals surface area (Å²) in [5.41, 5.74) is 3.56. The first kappa shape index (κ1) is 19.8. The van der Waals surface area contributed by atoms with Gasteiger partial charge in [-0.2, -0.15) is 0 Å². The van der Waals surface area contributed by atoms with Crippen molar-refractivity contribution in [3.05, 3.63) is 54.2 Å². The Morgan fingerprint density at radius 2 is 1.97 bits per heavy atom. The monoisotopic (exact) mass is 409 g/mol. The van der Waals surface area contributed by atoms with Crippen molar-refractivity contribution < 1.29 is 24.3 Å². The Morgan fingerprint density at radius 1 is 1.13 bits per heavy atom. The van der Waals surface area contributed by atoms with Gasteiger partial charge >= 0.3 is 0 Å². The summed E-state index contributed by atoms with van der Waals surface area (Å²) in [7, 11) is 0. The van der Waals surface area contributed by atoms with Gasteiger partial charge in [0, 0.05) is 29.0 Å². The van der Waals surface area contributed by atoms with Crippen molar-refractivity contribution in [3.63, 3.8) is 0 Å². The predicted molar refractivity (Wildman–Crippen MR) is 111 cm³/mol. The number of benzene rings is 2. The van der Waals surface area contributed by atoms with E-state index < -0.39 is 11.9 Å². The van der Waals surface area contributed by atoms with Gasteiger partial charge in [0.1, 0.15) is 6.04 Å². The van der Waals surface area contributed by atoms with E-state index in [1.165, 1.54) is 0 Å². The summed E-state index contributed by atoms with van der Waals surface area (Å²) >= 11 is 0. The number of hydrogen-bond acceptors (Lipinski definition) is 5. The number of fused-ring (bicyclic) bond motifs is 2. The molecular formula is C22H23N3O5. The van der Waals surface area contributed by atoms with Crippen LogP contribution in [0, 0.1) is 0 Å². The van der Waals surface area contributed by atoms with Crippen molar-refractivity contribution in [2.75, 3.05) is 12.1 Å². The molecule has 1 aromatic heterocycles. The number of rotatable bonds is 7. The lowest BCUT2D eigenvalue weighted by atomic mass is 10.1. The van der Waals surface area contributed by atoms with Crippen LogP contribution in [-0.2, 0) is 4.79 Å². The van der Waals surface area contributed by atoms with E-state index in [0.717, 1.165) is 23.7 Å². The van der Waals surface area contributed by atoms with E-state index in [2.05, 4.69) is 5.32 Å². The lowest BCUT2D eigenvalue weighted by molar-refractivity contribution is -0.132. The minimum atomic E-state index is -0.556. The largest absolute Gasteiger partial charge is 0.454 e. The van der Waals surface area contributed by atoms with E-state index >= 15 is 0 Å². The highest BCUT2D eigenvalue weighted by atomic mass is 16.7. The van der Waals surface area contributed by atoms with Crippen molar-refractivity contribution >= 4 is 28.4 Å². The summed E-state index contributed by atoms with van der Waals surface area (Å²) in [5.74, 6) is 0.481. The molecule has 2 heterocycles. The van der Waals surface area contributed by atoms with E-state index in [1.807, 2.05) is 19.1 Å². The van der Waals surface area contributed by atoms with E-state index in [9.17, 15) is 9.59 Å². The fraction of sp³-hybridized carbons (Fsp3) is 0.273. The molecule has 0 spiro atoms. The number of aromatic nitrogens is 1. The molecule has 0 saturated heterocycles. The number of hydroxylamine groups is 1. The minimum Gasteiger partial charge on any atom is -0.454 e. The van der Waals surface area contributed by atoms with Gasteiger partial charge in [-0.15, -0.1) is 0 Å². The summed E-state index contributed by atoms with van der Waals surface area (Å²) in [5, 5.41) is 12.9. The van der Waals surface area contributed by atoms with Crippen LogP contribution in [0.5, 0.6) is 11.5 Å². The second kappa shape index (κ2) is 8.46. The number of unbranched alkanes of at least 4 members (excludes halogenated alkanes) is 1. The van der Waals surface area contributed by atoms with Crippen LogP contribution in [0.25, 0.3) is 10.9 Å². The topological polar surface area (TPSA) is 102 Å². The van der Waals surface area contributed by atoms with Gasteiger partial charge < -0.3 is 19.4 Å². The Balaban J connectivity index is 1.61. The Labute approximate surface area is 173 Å². The Morgan fingerprint density at radius 3 is 2.77 bits per heavy atom. The van der Waals surface area contributed by atoms with Gasteiger partial charge in [0.05, 0.1) is 0 Å². The molecule has 156 valence electrons. The highest BCUT2D eigenvalue weighted by molar-refractivity contribution is 6.06. The Kier molecular flexibility index (Phi) is 5.58. The van der Waals surface area contributed by atoms with Crippen LogP contribution < -0.4 is 20.3 Å². The molecule has 0 saturated carbocycles. The summed E-state index contributed by atoms with van der Waals surface area (Å²) in [4.78, 5) is 25.0. The average Bonchev–Trinajstić information content (AvgIpc) is 3.40. The Hall–Kier alpha value is -3.52. The molecule has 0 radical (unpaired) electrons. The van der Waals surface area contributed by atoms with Crippen molar-refractivity contribution in [1.82, 2.24) is 10.0 Å². The highest BCUT2D eigenvalue weighted by Crippen LogP contribution is 2.34. The van der Waals surface area contributed by atoms with Gasteiger partial charge in [-0.05, 0) is 42.1 Å². The second-order valence-electron chi connectivity index (χ2n) is 7.15. The van der Waals surface area contributed by atoms with Gasteiger partial charge in [-0.3, -0.25) is 14.8 Å². The van der Waals surface area contributed by atoms with Crippen molar-refractivity contribution in [2.24, 2.45) is 0 Å². The van der Waals surface area contributed by atoms with Crippen LogP contribution in [0.2, 0.25) is 0 Å². The predicted octanol–water partition coefficient (Wildman–Crippen LogP) is 3.86. The van der Waals surface area contributed by atoms with Gasteiger partial charge in [0.2, 0.25) is 6.79 Å². The maximum Gasteiger partial charge on any atom is 0.266 e. The number of amides is 2. The third kappa shape index (κ3) is 3.81. The normalized spacial score (nSPS) is 13.3. The van der Waals surface area contributed by atoms with Gasteiger partial charge in [0.15, 0.2) is 11.5 Å². The molecule has 2 amide bonds. The number of nitrogens with zero attached hydrogens (tertiary/aromatic N) is 1. The number of carbonyl (C=O) groups excluding carboxylic acids is 2. The molecule has 0 fully saturated rings. The molecule has 3 N–H and O–H groups in total. The van der Waals surface area contributed by atoms with Crippen LogP contribution >= 0.6 is 0 Å². The number of hydrogen-bond donors (Lipinski definition) is 3. The molecule has 0 aliphatic carbocycles. The highest BCUT2D eigenvalue weighted by Gasteiger charge is 2.21. The van der Waals surface area contributed by atoms with Crippen LogP contribution in [0.3, 0.4) is 0 Å². The second-order valence-corrected chi connectivity index (χ2v) is 7.15. The lowest BCUT2D eigenvalue weighted by Crippen LogP contribution is -2.30. The molecular weight excluding hydrogens is 386 g/mol. The number of ether oxygens (including phenoxy) is 2. The zero-order valence-corrected chi connectivity index (χ0v) is 16.6. The zero-order chi connectivity index (χ0) is 21.1. The molecule has 1 aliphatic heterocycles. The molecule has 3 aromatic rings. The molecule has 1 aliphatic rings. The zero-order valence-electron chi connectivity index (χ0n) is 16.6. The van der Waals surface area contributed by atoms with E-state index in [1.54, 1.807) is 46.6 Å². The summed E-state index contributed by atoms with van der Waals surface area (Å²) < 4.78 is 12.4. The van der Waals surface area contributed by atoms with Crippen LogP contribution in [-0.4, -0.2) is 28.4 Å². The quantitative estimate of drug-likeness (QED) is 0.406. The smallest absolute Gasteiger partial charge is 0.266 e. The third-order valence-corrected chi connectivity index (χ3v) is 5.20. The van der Waals surface area contributed by atoms with Crippen molar-refractivity contribution in [2.45, 2.75) is 32.2 Å². The molecule has 1 unspecified atom stereocenters. The van der Waals surface area contributed by atoms with E-state index in [-0.39, 0.29) is 12.7 Å². The SMILES string of the molecule is CCCCC(C(=O)NO)n1ccc2ccc(C(=O)Nc3ccc4c(c3)OCO4)cc21. The van der Waals surface area contributed by atoms with Crippen molar-refractivity contribution in [1.29, 1.82) is 0 Å². The fourth-order valence-corrected chi connectivity index (χ4v) is 3.61. The van der Waals surface area contributed by atoms with Gasteiger partial charge in [0.25, 0.3) is 11.8 Å². The third-order valence-electron chi connectivity index (χ3n) is 5.20. The standard InChI is InChI=1S/C22H23N3O5/c1-2-3-4-17(22(27)24-28)25-10-9-14-5-6-15(11-18(14)25)21(26)23-16-7-8-19-20(12-16)30-13-29-19/h5-12,17,28H,2-4,13H2,1H3,(H,23,26)(H,24,27). The molecule has 30 heavy (non-hydrogen) atoms. The van der Waals surface area contributed by atoms with Crippen LogP contribution in [0.1, 0.15) is 42.6 Å². The fourth-order valence-electron chi connectivity index (χ4n) is 3.61. The molecule has 8 heteroatoms. The average molecular weight is 409 g/mol. The molecule has 1 atom stereocenters. The van der Waals surface area contributed by atoms with E-state index in [4.69, 9.17) is 14.7 Å². The minimum absolute atomic E-state index is 0.168. The van der Waals surface area contributed by atoms with Crippen LogP contribution in [0.4, 0.5) is 5.69 Å². The molecule has 0 bridgehead atoms. The number of carbonyl (C=O) groups is 2. The number of anilines is 1. The Bertz CT molecular complexity index is 1090.